The molecule has 0 aromatic heterocycles. The highest BCUT2D eigenvalue weighted by atomic mass is 32.3. The minimum Gasteiger partial charge on any atom is -0.395 e. The van der Waals surface area contributed by atoms with Crippen LogP contribution in [-0.4, -0.2) is 74.4 Å². The van der Waals surface area contributed by atoms with Gasteiger partial charge >= 0.3 is 10.4 Å². The van der Waals surface area contributed by atoms with Crippen molar-refractivity contribution >= 4 is 10.4 Å². The highest BCUT2D eigenvalue weighted by Gasteiger charge is 2.25. The van der Waals surface area contributed by atoms with Crippen molar-refractivity contribution < 1.29 is 32.1 Å². The van der Waals surface area contributed by atoms with Crippen molar-refractivity contribution in [1.82, 2.24) is 4.90 Å². The Labute approximate surface area is 164 Å². The Morgan fingerprint density at radius 3 is 1.74 bits per heavy atom. The largest absolute Gasteiger partial charge is 0.401 e. The first-order valence-corrected chi connectivity index (χ1v) is 11.5. The minimum atomic E-state index is -4.25. The second-order valence-corrected chi connectivity index (χ2v) is 7.87. The fraction of sp³-hybridized carbons (Fsp3) is 1.00. The maximum absolute atomic E-state index is 11.9. The number of unbranched alkanes of at least 4 members (excludes halogenated alkanes) is 9. The van der Waals surface area contributed by atoms with Gasteiger partial charge in [0.25, 0.3) is 0 Å². The normalized spacial score (nSPS) is 13.4. The van der Waals surface area contributed by atoms with Crippen LogP contribution in [0, 0.1) is 0 Å². The first kappa shape index (κ1) is 26.7. The molecular weight excluding hydrogens is 374 g/mol. The Balaban J connectivity index is 3.91. The summed E-state index contributed by atoms with van der Waals surface area (Å²) in [5, 5.41) is 27.3. The van der Waals surface area contributed by atoms with Gasteiger partial charge in [-0.25, -0.2) is 8.37 Å². The Morgan fingerprint density at radius 2 is 1.30 bits per heavy atom. The molecule has 0 saturated carbocycles. The van der Waals surface area contributed by atoms with Crippen LogP contribution in [0.4, 0.5) is 0 Å². The van der Waals surface area contributed by atoms with Gasteiger partial charge in [-0.3, -0.25) is 4.90 Å². The third kappa shape index (κ3) is 15.3. The molecule has 0 rings (SSSR count). The van der Waals surface area contributed by atoms with Crippen molar-refractivity contribution in [1.29, 1.82) is 0 Å². The molecule has 0 amide bonds. The fourth-order valence-electron chi connectivity index (χ4n) is 2.78. The van der Waals surface area contributed by atoms with Crippen LogP contribution < -0.4 is 0 Å². The summed E-state index contributed by atoms with van der Waals surface area (Å²) in [6.45, 7) is 1.29. The van der Waals surface area contributed by atoms with E-state index in [1.165, 1.54) is 43.4 Å². The molecular formula is C18H39NO7S. The summed E-state index contributed by atoms with van der Waals surface area (Å²) in [6, 6.07) is 0. The molecule has 0 bridgehead atoms. The number of hydrogen-bond donors (Lipinski definition) is 3. The molecule has 0 heterocycles. The molecule has 0 aliphatic rings. The quantitative estimate of drug-likeness (QED) is 0.204. The van der Waals surface area contributed by atoms with E-state index in [0.29, 0.717) is 6.42 Å². The SMILES string of the molecule is CCCCCCCCCCCCOS(=O)(=O)OC(CO)N(CCO)CCO. The van der Waals surface area contributed by atoms with E-state index in [2.05, 4.69) is 6.92 Å². The van der Waals surface area contributed by atoms with Gasteiger partial charge in [0.1, 0.15) is 0 Å². The van der Waals surface area contributed by atoms with Crippen molar-refractivity contribution in [3.63, 3.8) is 0 Å². The molecule has 1 unspecified atom stereocenters. The van der Waals surface area contributed by atoms with E-state index in [-0.39, 0.29) is 32.9 Å². The van der Waals surface area contributed by atoms with Crippen molar-refractivity contribution in [3.05, 3.63) is 0 Å². The Bertz CT molecular complexity index is 414. The van der Waals surface area contributed by atoms with E-state index in [4.69, 9.17) is 18.6 Å². The number of hydrogen-bond acceptors (Lipinski definition) is 8. The molecule has 0 aliphatic heterocycles. The van der Waals surface area contributed by atoms with Crippen LogP contribution in [0.25, 0.3) is 0 Å². The van der Waals surface area contributed by atoms with E-state index in [9.17, 15) is 13.5 Å². The van der Waals surface area contributed by atoms with Gasteiger partial charge < -0.3 is 15.3 Å². The number of nitrogens with zero attached hydrogens (tertiary/aromatic N) is 1. The molecule has 9 heteroatoms. The van der Waals surface area contributed by atoms with E-state index in [1.54, 1.807) is 0 Å². The molecule has 0 aromatic rings. The van der Waals surface area contributed by atoms with Crippen molar-refractivity contribution in [2.75, 3.05) is 39.5 Å². The summed E-state index contributed by atoms with van der Waals surface area (Å²) in [5.41, 5.74) is 0. The molecule has 0 aromatic carbocycles. The maximum Gasteiger partial charge on any atom is 0.401 e. The highest BCUT2D eigenvalue weighted by molar-refractivity contribution is 7.81. The second-order valence-electron chi connectivity index (χ2n) is 6.63. The zero-order chi connectivity index (χ0) is 20.4. The van der Waals surface area contributed by atoms with Gasteiger partial charge in [-0.05, 0) is 6.42 Å². The third-order valence-corrected chi connectivity index (χ3v) is 5.21. The molecule has 3 N–H and O–H groups in total. The monoisotopic (exact) mass is 413 g/mol. The van der Waals surface area contributed by atoms with Crippen molar-refractivity contribution in [2.45, 2.75) is 77.4 Å². The second kappa shape index (κ2) is 17.8. The Hall–Kier alpha value is -0.290. The Kier molecular flexibility index (Phi) is 17.6. The van der Waals surface area contributed by atoms with Gasteiger partial charge in [0.15, 0.2) is 6.23 Å². The van der Waals surface area contributed by atoms with Gasteiger partial charge in [-0.2, -0.15) is 8.42 Å². The van der Waals surface area contributed by atoms with Gasteiger partial charge in [0.2, 0.25) is 0 Å². The number of aliphatic hydroxyl groups is 3. The molecule has 27 heavy (non-hydrogen) atoms. The van der Waals surface area contributed by atoms with E-state index in [1.807, 2.05) is 0 Å². The lowest BCUT2D eigenvalue weighted by Crippen LogP contribution is -2.44. The molecule has 1 atom stereocenters. The van der Waals surface area contributed by atoms with E-state index < -0.39 is 23.2 Å². The summed E-state index contributed by atoms with van der Waals surface area (Å²) in [5.74, 6) is 0. The van der Waals surface area contributed by atoms with Crippen LogP contribution in [0.15, 0.2) is 0 Å². The predicted octanol–water partition coefficient (Wildman–Crippen LogP) is 1.79. The van der Waals surface area contributed by atoms with Gasteiger partial charge in [-0.15, -0.1) is 0 Å². The van der Waals surface area contributed by atoms with E-state index in [0.717, 1.165) is 19.3 Å². The van der Waals surface area contributed by atoms with Crippen LogP contribution in [0.5, 0.6) is 0 Å². The molecule has 0 saturated heterocycles. The van der Waals surface area contributed by atoms with Gasteiger partial charge in [0, 0.05) is 13.1 Å². The molecule has 0 spiro atoms. The smallest absolute Gasteiger partial charge is 0.395 e. The minimum absolute atomic E-state index is 0.0387. The molecule has 0 radical (unpaired) electrons. The topological polar surface area (TPSA) is 117 Å². The third-order valence-electron chi connectivity index (χ3n) is 4.29. The van der Waals surface area contributed by atoms with Crippen molar-refractivity contribution in [3.8, 4) is 0 Å². The zero-order valence-corrected chi connectivity index (χ0v) is 17.5. The molecule has 8 nitrogen and oxygen atoms in total. The molecule has 0 aliphatic carbocycles. The number of rotatable bonds is 20. The van der Waals surface area contributed by atoms with Crippen LogP contribution in [0.2, 0.25) is 0 Å². The zero-order valence-electron chi connectivity index (χ0n) is 16.7. The lowest BCUT2D eigenvalue weighted by Gasteiger charge is -2.27. The average Bonchev–Trinajstić information content (AvgIpc) is 2.64. The summed E-state index contributed by atoms with van der Waals surface area (Å²) in [4.78, 5) is 1.33. The summed E-state index contributed by atoms with van der Waals surface area (Å²) in [7, 11) is -4.25. The van der Waals surface area contributed by atoms with Gasteiger partial charge in [0.05, 0.1) is 26.4 Å². The standard InChI is InChI=1S/C18H39NO7S/c1-2-3-4-5-6-7-8-9-10-11-16-25-27(23,24)26-18(17-22)19(12-14-20)13-15-21/h18,20-22H,2-17H2,1H3. The Morgan fingerprint density at radius 1 is 0.815 bits per heavy atom. The van der Waals surface area contributed by atoms with Gasteiger partial charge in [-0.1, -0.05) is 64.7 Å². The maximum atomic E-state index is 11.9. The molecule has 0 fully saturated rings. The predicted molar refractivity (Wildman–Crippen MR) is 104 cm³/mol. The number of aliphatic hydroxyl groups excluding tert-OH is 3. The summed E-state index contributed by atoms with van der Waals surface area (Å²) >= 11 is 0. The van der Waals surface area contributed by atoms with E-state index >= 15 is 0 Å². The van der Waals surface area contributed by atoms with Crippen molar-refractivity contribution in [2.24, 2.45) is 0 Å². The highest BCUT2D eigenvalue weighted by Crippen LogP contribution is 2.12. The average molecular weight is 414 g/mol. The summed E-state index contributed by atoms with van der Waals surface area (Å²) in [6.07, 6.45) is 10.2. The summed E-state index contributed by atoms with van der Waals surface area (Å²) < 4.78 is 33.4. The lowest BCUT2D eigenvalue weighted by atomic mass is 10.1. The first-order chi connectivity index (χ1) is 13.0. The van der Waals surface area contributed by atoms with Crippen LogP contribution in [0.3, 0.4) is 0 Å². The van der Waals surface area contributed by atoms with Crippen LogP contribution in [0.1, 0.15) is 71.1 Å². The van der Waals surface area contributed by atoms with Crippen LogP contribution in [-0.2, 0) is 18.8 Å². The lowest BCUT2D eigenvalue weighted by molar-refractivity contribution is -0.0342. The first-order valence-electron chi connectivity index (χ1n) is 10.1. The molecule has 164 valence electrons. The fourth-order valence-corrected chi connectivity index (χ4v) is 3.61. The van der Waals surface area contributed by atoms with Crippen LogP contribution >= 0.6 is 0 Å².